The van der Waals surface area contributed by atoms with Crippen LogP contribution < -0.4 is 15.0 Å². The lowest BCUT2D eigenvalue weighted by molar-refractivity contribution is -0.729. The molecule has 3 aromatic rings. The maximum atomic E-state index is 14.1. The van der Waals surface area contributed by atoms with E-state index in [-0.39, 0.29) is 0 Å². The maximum absolute atomic E-state index is 14.1. The number of ether oxygens (including phenoxy) is 2. The first kappa shape index (κ1) is 23.6. The second-order valence-corrected chi connectivity index (χ2v) is 8.81. The minimum Gasteiger partial charge on any atom is -0.497 e. The first-order chi connectivity index (χ1) is 17.3. The molecule has 184 valence electrons. The summed E-state index contributed by atoms with van der Waals surface area (Å²) in [6.45, 7) is 0. The number of hydrogen-bond acceptors (Lipinski definition) is 5. The summed E-state index contributed by atoms with van der Waals surface area (Å²) in [7, 11) is 2.71. The number of quaternary nitrogens is 1. The highest BCUT2D eigenvalue weighted by Gasteiger charge is 2.72. The van der Waals surface area contributed by atoms with Crippen LogP contribution in [0.25, 0.3) is 0 Å². The third-order valence-electron chi connectivity index (χ3n) is 7.12. The van der Waals surface area contributed by atoms with Crippen LogP contribution in [0.4, 0.5) is 14.5 Å². The molecule has 3 aromatic carbocycles. The van der Waals surface area contributed by atoms with Crippen LogP contribution in [-0.4, -0.2) is 38.0 Å². The lowest BCUT2D eigenvalue weighted by atomic mass is 9.71. The van der Waals surface area contributed by atoms with E-state index < -0.39 is 52.8 Å². The SMILES string of the molecule is COC(=O)[C@H]1[NH2+]C(c2ccc(F)cc2)(c2ccc(F)cc2)[C@H]2C(=O)N(c3ccc(OC)cc3)C(=O)[C@H]12. The predicted molar refractivity (Wildman–Crippen MR) is 124 cm³/mol. The van der Waals surface area contributed by atoms with Crippen molar-refractivity contribution in [3.05, 3.63) is 95.6 Å². The zero-order valence-electron chi connectivity index (χ0n) is 19.5. The van der Waals surface area contributed by atoms with Crippen LogP contribution >= 0.6 is 0 Å². The first-order valence-corrected chi connectivity index (χ1v) is 11.3. The fraction of sp³-hybridized carbons (Fsp3) is 0.222. The molecule has 2 amide bonds. The molecule has 0 spiro atoms. The maximum Gasteiger partial charge on any atom is 0.365 e. The number of methoxy groups -OCH3 is 2. The number of imide groups is 1. The summed E-state index contributed by atoms with van der Waals surface area (Å²) >= 11 is 0. The molecule has 2 fully saturated rings. The number of carbonyl (C=O) groups is 3. The van der Waals surface area contributed by atoms with Gasteiger partial charge in [-0.3, -0.25) is 9.59 Å². The number of rotatable bonds is 5. The van der Waals surface area contributed by atoms with Crippen LogP contribution in [0.2, 0.25) is 0 Å². The number of anilines is 1. The molecule has 0 bridgehead atoms. The van der Waals surface area contributed by atoms with Crippen LogP contribution in [0.3, 0.4) is 0 Å². The van der Waals surface area contributed by atoms with Gasteiger partial charge in [0.15, 0.2) is 11.6 Å². The smallest absolute Gasteiger partial charge is 0.365 e. The topological polar surface area (TPSA) is 89.5 Å². The Bertz CT molecular complexity index is 1280. The molecule has 2 heterocycles. The number of benzene rings is 3. The van der Waals surface area contributed by atoms with Crippen molar-refractivity contribution < 1.29 is 38.0 Å². The molecule has 36 heavy (non-hydrogen) atoms. The normalized spacial score (nSPS) is 22.4. The van der Waals surface area contributed by atoms with E-state index in [9.17, 15) is 23.2 Å². The Morgan fingerprint density at radius 2 is 1.36 bits per heavy atom. The van der Waals surface area contributed by atoms with E-state index in [0.717, 1.165) is 4.90 Å². The van der Waals surface area contributed by atoms with E-state index >= 15 is 0 Å². The zero-order valence-corrected chi connectivity index (χ0v) is 19.5. The van der Waals surface area contributed by atoms with Gasteiger partial charge in [0.1, 0.15) is 29.2 Å². The summed E-state index contributed by atoms with van der Waals surface area (Å²) in [5.74, 6) is -4.28. The second-order valence-electron chi connectivity index (χ2n) is 8.81. The van der Waals surface area contributed by atoms with E-state index in [2.05, 4.69) is 0 Å². The van der Waals surface area contributed by atoms with Gasteiger partial charge in [0, 0.05) is 11.1 Å². The fourth-order valence-corrected chi connectivity index (χ4v) is 5.53. The molecule has 2 saturated heterocycles. The van der Waals surface area contributed by atoms with Gasteiger partial charge in [0.2, 0.25) is 11.8 Å². The zero-order chi connectivity index (χ0) is 25.6. The number of esters is 1. The number of amides is 2. The number of nitrogens with zero attached hydrogens (tertiary/aromatic N) is 1. The van der Waals surface area contributed by atoms with Gasteiger partial charge < -0.3 is 14.8 Å². The predicted octanol–water partition coefficient (Wildman–Crippen LogP) is 2.14. The van der Waals surface area contributed by atoms with Gasteiger partial charge in [-0.05, 0) is 72.8 Å². The first-order valence-electron chi connectivity index (χ1n) is 11.3. The van der Waals surface area contributed by atoms with Gasteiger partial charge >= 0.3 is 5.97 Å². The van der Waals surface area contributed by atoms with Gasteiger partial charge in [0.05, 0.1) is 19.9 Å². The quantitative estimate of drug-likeness (QED) is 0.435. The molecule has 2 N–H and O–H groups in total. The monoisotopic (exact) mass is 493 g/mol. The average molecular weight is 493 g/mol. The highest BCUT2D eigenvalue weighted by atomic mass is 19.1. The van der Waals surface area contributed by atoms with E-state index in [0.29, 0.717) is 22.6 Å². The third kappa shape index (κ3) is 3.46. The Morgan fingerprint density at radius 1 is 0.833 bits per heavy atom. The van der Waals surface area contributed by atoms with Crippen molar-refractivity contribution in [2.75, 3.05) is 19.1 Å². The van der Waals surface area contributed by atoms with E-state index in [1.54, 1.807) is 29.6 Å². The molecular weight excluding hydrogens is 470 g/mol. The van der Waals surface area contributed by atoms with Gasteiger partial charge in [0.25, 0.3) is 0 Å². The molecule has 9 heteroatoms. The highest BCUT2D eigenvalue weighted by Crippen LogP contribution is 2.48. The van der Waals surface area contributed by atoms with Crippen molar-refractivity contribution in [2.45, 2.75) is 11.6 Å². The van der Waals surface area contributed by atoms with E-state index in [1.807, 2.05) is 0 Å². The fourth-order valence-electron chi connectivity index (χ4n) is 5.53. The molecular formula is C27H23F2N2O5+. The van der Waals surface area contributed by atoms with E-state index in [4.69, 9.17) is 9.47 Å². The number of carbonyl (C=O) groups excluding carboxylic acids is 3. The van der Waals surface area contributed by atoms with Crippen LogP contribution in [0.1, 0.15) is 11.1 Å². The molecule has 0 aromatic heterocycles. The Kier molecular flexibility index (Phi) is 5.80. The molecule has 7 nitrogen and oxygen atoms in total. The van der Waals surface area contributed by atoms with Crippen molar-refractivity contribution in [1.82, 2.24) is 0 Å². The van der Waals surface area contributed by atoms with Crippen LogP contribution in [0.15, 0.2) is 72.8 Å². The lowest BCUT2D eigenvalue weighted by Crippen LogP contribution is -2.99. The molecule has 2 aliphatic rings. The van der Waals surface area contributed by atoms with Gasteiger partial charge in [-0.1, -0.05) is 0 Å². The Hall–Kier alpha value is -4.11. The van der Waals surface area contributed by atoms with Gasteiger partial charge in [-0.2, -0.15) is 0 Å². The molecule has 3 atom stereocenters. The largest absolute Gasteiger partial charge is 0.497 e. The van der Waals surface area contributed by atoms with Crippen molar-refractivity contribution in [3.8, 4) is 5.75 Å². The second kappa shape index (κ2) is 8.83. The van der Waals surface area contributed by atoms with Gasteiger partial charge in [-0.25, -0.2) is 18.5 Å². The highest BCUT2D eigenvalue weighted by molar-refractivity contribution is 6.23. The van der Waals surface area contributed by atoms with Crippen LogP contribution in [0, 0.1) is 23.5 Å². The summed E-state index contributed by atoms with van der Waals surface area (Å²) in [5, 5.41) is 1.62. The molecule has 5 rings (SSSR count). The molecule has 0 saturated carbocycles. The minimum absolute atomic E-state index is 0.330. The summed E-state index contributed by atoms with van der Waals surface area (Å²) < 4.78 is 38.0. The average Bonchev–Trinajstić information content (AvgIpc) is 3.39. The molecule has 0 unspecified atom stereocenters. The van der Waals surface area contributed by atoms with E-state index in [1.165, 1.54) is 62.8 Å². The van der Waals surface area contributed by atoms with Gasteiger partial charge in [-0.15, -0.1) is 0 Å². The van der Waals surface area contributed by atoms with Crippen molar-refractivity contribution in [3.63, 3.8) is 0 Å². The number of hydrogen-bond donors (Lipinski definition) is 1. The van der Waals surface area contributed by atoms with Crippen molar-refractivity contribution in [1.29, 1.82) is 0 Å². The van der Waals surface area contributed by atoms with Crippen molar-refractivity contribution in [2.24, 2.45) is 11.8 Å². The number of halogens is 2. The number of fused-ring (bicyclic) bond motifs is 1. The third-order valence-corrected chi connectivity index (χ3v) is 7.12. The summed E-state index contributed by atoms with van der Waals surface area (Å²) in [5.41, 5.74) is -0.000908. The Labute approximate surface area is 205 Å². The standard InChI is InChI=1S/C27H22F2N2O5/c1-35-20-13-11-19(12-14-20)31-24(32)21-22(25(31)33)27(30-23(21)26(34)36-2,15-3-7-17(28)8-4-15)16-5-9-18(29)10-6-16/h3-14,21-23,30H,1-2H3/p+1/t21-,22+,23-/m0/s1. The Balaban J connectivity index is 1.73. The minimum atomic E-state index is -1.32. The Morgan fingerprint density at radius 3 is 1.83 bits per heavy atom. The summed E-state index contributed by atoms with van der Waals surface area (Å²) in [6.07, 6.45) is 0. The lowest BCUT2D eigenvalue weighted by Gasteiger charge is -2.32. The summed E-state index contributed by atoms with van der Waals surface area (Å²) in [4.78, 5) is 41.8. The van der Waals surface area contributed by atoms with Crippen LogP contribution in [0.5, 0.6) is 5.75 Å². The van der Waals surface area contributed by atoms with Crippen molar-refractivity contribution >= 4 is 23.5 Å². The molecule has 2 aliphatic heterocycles. The van der Waals surface area contributed by atoms with Crippen LogP contribution in [-0.2, 0) is 24.7 Å². The molecule has 0 radical (unpaired) electrons. The summed E-state index contributed by atoms with van der Waals surface area (Å²) in [6, 6.07) is 16.4. The number of nitrogens with two attached hydrogens (primary N) is 1. The molecule has 0 aliphatic carbocycles.